The van der Waals surface area contributed by atoms with Gasteiger partial charge in [-0.15, -0.1) is 0 Å². The van der Waals surface area contributed by atoms with Gasteiger partial charge < -0.3 is 10.6 Å². The number of aromatic nitrogens is 1. The summed E-state index contributed by atoms with van der Waals surface area (Å²) in [5, 5.41) is 6.51. The van der Waals surface area contributed by atoms with Crippen molar-refractivity contribution in [1.82, 2.24) is 10.3 Å². The third kappa shape index (κ3) is 3.17. The third-order valence-electron chi connectivity index (χ3n) is 3.05. The Labute approximate surface area is 106 Å². The van der Waals surface area contributed by atoms with E-state index in [1.165, 1.54) is 0 Å². The van der Waals surface area contributed by atoms with Crippen molar-refractivity contribution in [3.63, 3.8) is 0 Å². The van der Waals surface area contributed by atoms with Crippen LogP contribution in [-0.4, -0.2) is 23.5 Å². The van der Waals surface area contributed by atoms with Crippen molar-refractivity contribution in [2.45, 2.75) is 25.8 Å². The van der Waals surface area contributed by atoms with E-state index in [1.54, 1.807) is 18.3 Å². The van der Waals surface area contributed by atoms with Gasteiger partial charge in [-0.2, -0.15) is 0 Å². The normalized spacial score (nSPS) is 24.4. The lowest BCUT2D eigenvalue weighted by Crippen LogP contribution is -2.48. The minimum Gasteiger partial charge on any atom is -0.323 e. The second-order valence-corrected chi connectivity index (χ2v) is 4.80. The van der Waals surface area contributed by atoms with E-state index in [0.29, 0.717) is 16.8 Å². The topological polar surface area (TPSA) is 54.0 Å². The van der Waals surface area contributed by atoms with Gasteiger partial charge in [-0.05, 0) is 37.4 Å². The summed E-state index contributed by atoms with van der Waals surface area (Å²) in [5.41, 5.74) is 0.680. The molecule has 1 fully saturated rings. The Morgan fingerprint density at radius 1 is 1.59 bits per heavy atom. The molecule has 4 nitrogen and oxygen atoms in total. The molecule has 1 aromatic heterocycles. The van der Waals surface area contributed by atoms with Crippen molar-refractivity contribution in [1.29, 1.82) is 0 Å². The SMILES string of the molecule is CC1CCCNC1C(=O)Nc1ccc(Cl)nc1. The number of pyridine rings is 1. The molecular weight excluding hydrogens is 238 g/mol. The molecule has 0 spiro atoms. The van der Waals surface area contributed by atoms with Gasteiger partial charge in [-0.1, -0.05) is 18.5 Å². The Kier molecular flexibility index (Phi) is 3.97. The average Bonchev–Trinajstić information content (AvgIpc) is 2.32. The average molecular weight is 254 g/mol. The molecule has 2 N–H and O–H groups in total. The van der Waals surface area contributed by atoms with Crippen molar-refractivity contribution in [3.05, 3.63) is 23.5 Å². The fourth-order valence-corrected chi connectivity index (χ4v) is 2.18. The zero-order chi connectivity index (χ0) is 12.3. The van der Waals surface area contributed by atoms with Crippen molar-refractivity contribution in [3.8, 4) is 0 Å². The van der Waals surface area contributed by atoms with Crippen LogP contribution in [0, 0.1) is 5.92 Å². The van der Waals surface area contributed by atoms with Crippen LogP contribution in [-0.2, 0) is 4.79 Å². The lowest BCUT2D eigenvalue weighted by Gasteiger charge is -2.28. The van der Waals surface area contributed by atoms with Crippen LogP contribution in [0.5, 0.6) is 0 Å². The minimum atomic E-state index is -0.112. The van der Waals surface area contributed by atoms with E-state index in [4.69, 9.17) is 11.6 Å². The summed E-state index contributed by atoms with van der Waals surface area (Å²) in [6.45, 7) is 3.00. The molecular formula is C12H16ClN3O. The predicted octanol–water partition coefficient (Wildman–Crippen LogP) is 2.06. The Hall–Kier alpha value is -1.13. The molecule has 0 saturated carbocycles. The fraction of sp³-hybridized carbons (Fsp3) is 0.500. The molecule has 2 rings (SSSR count). The molecule has 5 heteroatoms. The van der Waals surface area contributed by atoms with Gasteiger partial charge in [0, 0.05) is 0 Å². The summed E-state index contributed by atoms with van der Waals surface area (Å²) in [4.78, 5) is 16.0. The molecule has 0 aromatic carbocycles. The number of carbonyl (C=O) groups excluding carboxylic acids is 1. The summed E-state index contributed by atoms with van der Waals surface area (Å²) in [5.74, 6) is 0.366. The van der Waals surface area contributed by atoms with Crippen molar-refractivity contribution >= 4 is 23.2 Å². The maximum absolute atomic E-state index is 12.0. The Balaban J connectivity index is 1.98. The molecule has 0 bridgehead atoms. The molecule has 0 aliphatic carbocycles. The number of hydrogen-bond donors (Lipinski definition) is 2. The molecule has 1 aromatic rings. The van der Waals surface area contributed by atoms with Gasteiger partial charge in [0.2, 0.25) is 5.91 Å². The van der Waals surface area contributed by atoms with Crippen LogP contribution in [0.1, 0.15) is 19.8 Å². The molecule has 0 radical (unpaired) electrons. The first-order valence-electron chi connectivity index (χ1n) is 5.82. The molecule has 1 amide bonds. The first-order valence-corrected chi connectivity index (χ1v) is 6.20. The van der Waals surface area contributed by atoms with Gasteiger partial charge in [0.25, 0.3) is 0 Å². The third-order valence-corrected chi connectivity index (χ3v) is 3.27. The second kappa shape index (κ2) is 5.47. The zero-order valence-electron chi connectivity index (χ0n) is 9.74. The first-order chi connectivity index (χ1) is 8.16. The quantitative estimate of drug-likeness (QED) is 0.794. The van der Waals surface area contributed by atoms with Gasteiger partial charge in [-0.3, -0.25) is 4.79 Å². The maximum Gasteiger partial charge on any atom is 0.241 e. The van der Waals surface area contributed by atoms with Crippen molar-refractivity contribution in [2.75, 3.05) is 11.9 Å². The van der Waals surface area contributed by atoms with Crippen LogP contribution in [0.2, 0.25) is 5.15 Å². The van der Waals surface area contributed by atoms with E-state index in [1.807, 2.05) is 0 Å². The maximum atomic E-state index is 12.0. The molecule has 1 saturated heterocycles. The predicted molar refractivity (Wildman–Crippen MR) is 68.1 cm³/mol. The van der Waals surface area contributed by atoms with E-state index in [-0.39, 0.29) is 11.9 Å². The lowest BCUT2D eigenvalue weighted by atomic mass is 9.92. The molecule has 1 aliphatic heterocycles. The van der Waals surface area contributed by atoms with E-state index < -0.39 is 0 Å². The second-order valence-electron chi connectivity index (χ2n) is 4.41. The fourth-order valence-electron chi connectivity index (χ4n) is 2.07. The standard InChI is InChI=1S/C12H16ClN3O/c1-8-3-2-6-14-11(8)12(17)16-9-4-5-10(13)15-7-9/h4-5,7-8,11,14H,2-3,6H2,1H3,(H,16,17). The van der Waals surface area contributed by atoms with Crippen LogP contribution in [0.15, 0.2) is 18.3 Å². The highest BCUT2D eigenvalue weighted by atomic mass is 35.5. The number of nitrogens with zero attached hydrogens (tertiary/aromatic N) is 1. The van der Waals surface area contributed by atoms with E-state index in [0.717, 1.165) is 19.4 Å². The number of nitrogens with one attached hydrogen (secondary N) is 2. The number of amides is 1. The molecule has 92 valence electrons. The number of hydrogen-bond acceptors (Lipinski definition) is 3. The van der Waals surface area contributed by atoms with Crippen molar-refractivity contribution < 1.29 is 4.79 Å². The number of anilines is 1. The van der Waals surface area contributed by atoms with Crippen LogP contribution in [0.4, 0.5) is 5.69 Å². The van der Waals surface area contributed by atoms with E-state index in [9.17, 15) is 4.79 Å². The summed E-state index contributed by atoms with van der Waals surface area (Å²) in [6.07, 6.45) is 3.78. The van der Waals surface area contributed by atoms with Crippen LogP contribution < -0.4 is 10.6 Å². The highest BCUT2D eigenvalue weighted by Gasteiger charge is 2.27. The van der Waals surface area contributed by atoms with Gasteiger partial charge >= 0.3 is 0 Å². The van der Waals surface area contributed by atoms with E-state index >= 15 is 0 Å². The molecule has 2 heterocycles. The zero-order valence-corrected chi connectivity index (χ0v) is 10.5. The lowest BCUT2D eigenvalue weighted by molar-refractivity contribution is -0.119. The highest BCUT2D eigenvalue weighted by molar-refractivity contribution is 6.29. The number of piperidine rings is 1. The molecule has 2 unspecified atom stereocenters. The Morgan fingerprint density at radius 3 is 3.06 bits per heavy atom. The molecule has 17 heavy (non-hydrogen) atoms. The smallest absolute Gasteiger partial charge is 0.241 e. The summed E-state index contributed by atoms with van der Waals surface area (Å²) >= 11 is 5.68. The highest BCUT2D eigenvalue weighted by Crippen LogP contribution is 2.17. The van der Waals surface area contributed by atoms with Crippen molar-refractivity contribution in [2.24, 2.45) is 5.92 Å². The first kappa shape index (κ1) is 12.3. The minimum absolute atomic E-state index is 0.00122. The summed E-state index contributed by atoms with van der Waals surface area (Å²) in [6, 6.07) is 3.30. The monoisotopic (exact) mass is 253 g/mol. The Bertz CT molecular complexity index is 393. The summed E-state index contributed by atoms with van der Waals surface area (Å²) < 4.78 is 0. The number of rotatable bonds is 2. The number of halogens is 1. The molecule has 1 aliphatic rings. The van der Waals surface area contributed by atoms with Gasteiger partial charge in [0.05, 0.1) is 17.9 Å². The van der Waals surface area contributed by atoms with Crippen LogP contribution in [0.25, 0.3) is 0 Å². The van der Waals surface area contributed by atoms with Gasteiger partial charge in [-0.25, -0.2) is 4.98 Å². The number of carbonyl (C=O) groups is 1. The van der Waals surface area contributed by atoms with E-state index in [2.05, 4.69) is 22.5 Å². The summed E-state index contributed by atoms with van der Waals surface area (Å²) in [7, 11) is 0. The van der Waals surface area contributed by atoms with Crippen LogP contribution >= 0.6 is 11.6 Å². The van der Waals surface area contributed by atoms with Crippen LogP contribution in [0.3, 0.4) is 0 Å². The Morgan fingerprint density at radius 2 is 2.41 bits per heavy atom. The van der Waals surface area contributed by atoms with Gasteiger partial charge in [0.15, 0.2) is 0 Å². The molecule has 2 atom stereocenters. The van der Waals surface area contributed by atoms with Gasteiger partial charge in [0.1, 0.15) is 5.15 Å². The largest absolute Gasteiger partial charge is 0.323 e.